The zero-order valence-corrected chi connectivity index (χ0v) is 17.9. The summed E-state index contributed by atoms with van der Waals surface area (Å²) in [6.07, 6.45) is 4.52. The van der Waals surface area contributed by atoms with Crippen LogP contribution >= 0.6 is 11.8 Å². The van der Waals surface area contributed by atoms with Gasteiger partial charge in [-0.05, 0) is 17.5 Å². The van der Waals surface area contributed by atoms with Gasteiger partial charge in [0.05, 0.1) is 12.6 Å². The average molecular weight is 411 g/mol. The third kappa shape index (κ3) is 4.46. The summed E-state index contributed by atoms with van der Waals surface area (Å²) in [6, 6.07) is 20.8. The maximum Gasteiger partial charge on any atom is 0.324 e. The van der Waals surface area contributed by atoms with E-state index in [2.05, 4.69) is 36.1 Å². The van der Waals surface area contributed by atoms with Crippen molar-refractivity contribution in [3.8, 4) is 0 Å². The normalized spacial score (nSPS) is 23.6. The Balaban J connectivity index is 1.52. The molecule has 4 nitrogen and oxygen atoms in total. The summed E-state index contributed by atoms with van der Waals surface area (Å²) in [6.45, 7) is 3.53. The number of amides is 2. The van der Waals surface area contributed by atoms with Crippen LogP contribution in [0.1, 0.15) is 49.1 Å². The molecule has 2 aromatic rings. The first kappa shape index (κ1) is 20.3. The first-order valence-electron chi connectivity index (χ1n) is 10.7. The van der Waals surface area contributed by atoms with Crippen molar-refractivity contribution in [1.82, 2.24) is 9.80 Å². The van der Waals surface area contributed by atoms with Crippen LogP contribution in [-0.4, -0.2) is 40.5 Å². The fourth-order valence-electron chi connectivity index (χ4n) is 4.20. The molecule has 0 N–H and O–H groups in total. The van der Waals surface area contributed by atoms with Crippen molar-refractivity contribution >= 4 is 17.8 Å². The Morgan fingerprint density at radius 2 is 1.72 bits per heavy atom. The number of rotatable bonds is 9. The zero-order chi connectivity index (χ0) is 20.1. The smallest absolute Gasteiger partial charge is 0.324 e. The van der Waals surface area contributed by atoms with Gasteiger partial charge < -0.3 is 9.64 Å². The molecule has 0 spiro atoms. The van der Waals surface area contributed by atoms with E-state index in [0.29, 0.717) is 13.2 Å². The standard InChI is InChI=1S/C24H30N2O2S/c1-2-3-4-11-16-28-22-21-18-29-23(20-14-9-6-10-15-20)26(21)24(27)25(22)17-19-12-7-5-8-13-19/h5-10,12-15,21-23H,2-4,11,16-18H2,1H3/t21-,22?,23?/m0/s1. The van der Waals surface area contributed by atoms with Crippen LogP contribution in [0.5, 0.6) is 0 Å². The Kier molecular flexibility index (Phi) is 6.78. The summed E-state index contributed by atoms with van der Waals surface area (Å²) in [7, 11) is 0. The van der Waals surface area contributed by atoms with Gasteiger partial charge in [-0.25, -0.2) is 4.79 Å². The molecule has 2 heterocycles. The number of ether oxygens (including phenoxy) is 1. The van der Waals surface area contributed by atoms with E-state index < -0.39 is 0 Å². The fourth-order valence-corrected chi connectivity index (χ4v) is 5.66. The highest BCUT2D eigenvalue weighted by atomic mass is 32.2. The molecule has 2 aromatic carbocycles. The van der Waals surface area contributed by atoms with E-state index in [4.69, 9.17) is 4.74 Å². The molecule has 2 saturated heterocycles. The predicted molar refractivity (Wildman–Crippen MR) is 119 cm³/mol. The van der Waals surface area contributed by atoms with Gasteiger partial charge in [0, 0.05) is 12.4 Å². The first-order chi connectivity index (χ1) is 14.3. The van der Waals surface area contributed by atoms with Gasteiger partial charge in [-0.1, -0.05) is 86.8 Å². The number of hydrogen-bond donors (Lipinski definition) is 0. The number of carbonyl (C=O) groups excluding carboxylic acids is 1. The summed E-state index contributed by atoms with van der Waals surface area (Å²) in [5.74, 6) is 0.913. The Morgan fingerprint density at radius 3 is 2.45 bits per heavy atom. The molecular weight excluding hydrogens is 380 g/mol. The second kappa shape index (κ2) is 9.68. The minimum absolute atomic E-state index is 0.0701. The van der Waals surface area contributed by atoms with Crippen molar-refractivity contribution in [2.24, 2.45) is 0 Å². The number of fused-ring (bicyclic) bond motifs is 1. The number of urea groups is 1. The summed E-state index contributed by atoms with van der Waals surface area (Å²) in [5, 5.41) is 0.0701. The lowest BCUT2D eigenvalue weighted by Gasteiger charge is -2.26. The SMILES string of the molecule is CCCCCCOC1[C@@H]2CSC(c3ccccc3)N2C(=O)N1Cc1ccccc1. The molecule has 29 heavy (non-hydrogen) atoms. The second-order valence-corrected chi connectivity index (χ2v) is 8.90. The largest absolute Gasteiger partial charge is 0.356 e. The van der Waals surface area contributed by atoms with E-state index in [1.807, 2.05) is 53.1 Å². The summed E-state index contributed by atoms with van der Waals surface area (Å²) >= 11 is 1.85. The molecule has 154 valence electrons. The van der Waals surface area contributed by atoms with Crippen molar-refractivity contribution in [3.05, 3.63) is 71.8 Å². The van der Waals surface area contributed by atoms with Gasteiger partial charge in [0.1, 0.15) is 5.37 Å². The first-order valence-corrected chi connectivity index (χ1v) is 11.8. The monoisotopic (exact) mass is 410 g/mol. The molecule has 3 atom stereocenters. The van der Waals surface area contributed by atoms with E-state index in [0.717, 1.165) is 17.7 Å². The molecule has 4 rings (SSSR count). The van der Waals surface area contributed by atoms with Crippen molar-refractivity contribution < 1.29 is 9.53 Å². The average Bonchev–Trinajstić information content (AvgIpc) is 3.30. The van der Waals surface area contributed by atoms with Gasteiger partial charge >= 0.3 is 6.03 Å². The van der Waals surface area contributed by atoms with Gasteiger partial charge in [-0.3, -0.25) is 4.90 Å². The zero-order valence-electron chi connectivity index (χ0n) is 17.1. The highest BCUT2D eigenvalue weighted by molar-refractivity contribution is 7.99. The molecule has 0 saturated carbocycles. The fraction of sp³-hybridized carbons (Fsp3) is 0.458. The minimum Gasteiger partial charge on any atom is -0.356 e. The van der Waals surface area contributed by atoms with Crippen LogP contribution in [0.3, 0.4) is 0 Å². The highest BCUT2D eigenvalue weighted by Crippen LogP contribution is 2.47. The number of nitrogens with zero attached hydrogens (tertiary/aromatic N) is 2. The number of benzene rings is 2. The molecule has 0 bridgehead atoms. The molecule has 0 radical (unpaired) electrons. The van der Waals surface area contributed by atoms with E-state index in [1.165, 1.54) is 24.8 Å². The van der Waals surface area contributed by atoms with Gasteiger partial charge in [0.2, 0.25) is 0 Å². The quantitative estimate of drug-likeness (QED) is 0.500. The molecule has 2 fully saturated rings. The Bertz CT molecular complexity index is 786. The highest BCUT2D eigenvalue weighted by Gasteiger charge is 2.53. The maximum atomic E-state index is 13.5. The lowest BCUT2D eigenvalue weighted by molar-refractivity contribution is -0.0387. The van der Waals surface area contributed by atoms with Crippen LogP contribution in [0.15, 0.2) is 60.7 Å². The number of unbranched alkanes of at least 4 members (excludes halogenated alkanes) is 3. The van der Waals surface area contributed by atoms with E-state index in [-0.39, 0.29) is 23.7 Å². The van der Waals surface area contributed by atoms with E-state index in [9.17, 15) is 4.79 Å². The van der Waals surface area contributed by atoms with Crippen LogP contribution in [0.2, 0.25) is 0 Å². The minimum atomic E-state index is -0.175. The third-order valence-corrected chi connectivity index (χ3v) is 7.05. The molecule has 0 aromatic heterocycles. The van der Waals surface area contributed by atoms with Crippen LogP contribution in [0, 0.1) is 0 Å². The van der Waals surface area contributed by atoms with Gasteiger partial charge in [-0.15, -0.1) is 11.8 Å². The third-order valence-electron chi connectivity index (χ3n) is 5.70. The number of carbonyl (C=O) groups is 1. The van der Waals surface area contributed by atoms with E-state index >= 15 is 0 Å². The summed E-state index contributed by atoms with van der Waals surface area (Å²) in [5.41, 5.74) is 2.34. The Morgan fingerprint density at radius 1 is 1.00 bits per heavy atom. The van der Waals surface area contributed by atoms with Crippen molar-refractivity contribution in [1.29, 1.82) is 0 Å². The summed E-state index contributed by atoms with van der Waals surface area (Å²) in [4.78, 5) is 17.5. The molecule has 0 aliphatic carbocycles. The van der Waals surface area contributed by atoms with Crippen molar-refractivity contribution in [2.45, 2.75) is 56.8 Å². The maximum absolute atomic E-state index is 13.5. The lowest BCUT2D eigenvalue weighted by atomic mass is 10.2. The van der Waals surface area contributed by atoms with Crippen molar-refractivity contribution in [3.63, 3.8) is 0 Å². The second-order valence-electron chi connectivity index (χ2n) is 7.79. The number of thioether (sulfide) groups is 1. The molecule has 2 unspecified atom stereocenters. The van der Waals surface area contributed by atoms with Crippen LogP contribution in [0.25, 0.3) is 0 Å². The van der Waals surface area contributed by atoms with E-state index in [1.54, 1.807) is 0 Å². The predicted octanol–water partition coefficient (Wildman–Crippen LogP) is 5.66. The molecule has 2 amide bonds. The molecule has 2 aliphatic heterocycles. The molecule has 5 heteroatoms. The topological polar surface area (TPSA) is 32.8 Å². The van der Waals surface area contributed by atoms with Crippen molar-refractivity contribution in [2.75, 3.05) is 12.4 Å². The molecular formula is C24H30N2O2S. The Hall–Kier alpha value is -1.98. The van der Waals surface area contributed by atoms with Crippen LogP contribution in [-0.2, 0) is 11.3 Å². The lowest BCUT2D eigenvalue weighted by Crippen LogP contribution is -2.39. The molecule has 2 aliphatic rings. The van der Waals surface area contributed by atoms with Gasteiger partial charge in [-0.2, -0.15) is 0 Å². The van der Waals surface area contributed by atoms with Crippen LogP contribution in [0.4, 0.5) is 4.79 Å². The number of hydrogen-bond acceptors (Lipinski definition) is 3. The van der Waals surface area contributed by atoms with Crippen LogP contribution < -0.4 is 0 Å². The van der Waals surface area contributed by atoms with Gasteiger partial charge in [0.25, 0.3) is 0 Å². The van der Waals surface area contributed by atoms with Gasteiger partial charge in [0.15, 0.2) is 6.23 Å². The summed E-state index contributed by atoms with van der Waals surface area (Å²) < 4.78 is 6.35. The Labute approximate surface area is 178 Å².